The quantitative estimate of drug-likeness (QED) is 0.782. The molecule has 1 amide bonds. The SMILES string of the molecule is CC1OCCC1NC(=O)CC1(N)CCCCC1. The van der Waals surface area contributed by atoms with Crippen molar-refractivity contribution in [1.82, 2.24) is 5.32 Å². The van der Waals surface area contributed by atoms with E-state index in [2.05, 4.69) is 5.32 Å². The monoisotopic (exact) mass is 240 g/mol. The van der Waals surface area contributed by atoms with Crippen LogP contribution in [0.2, 0.25) is 0 Å². The maximum absolute atomic E-state index is 12.0. The number of nitrogens with one attached hydrogen (secondary N) is 1. The van der Waals surface area contributed by atoms with Crippen molar-refractivity contribution in [3.8, 4) is 0 Å². The molecule has 1 heterocycles. The summed E-state index contributed by atoms with van der Waals surface area (Å²) >= 11 is 0. The van der Waals surface area contributed by atoms with E-state index in [-0.39, 0.29) is 23.6 Å². The predicted molar refractivity (Wildman–Crippen MR) is 66.6 cm³/mol. The van der Waals surface area contributed by atoms with E-state index in [1.54, 1.807) is 0 Å². The third kappa shape index (κ3) is 3.42. The lowest BCUT2D eigenvalue weighted by Gasteiger charge is -2.33. The normalized spacial score (nSPS) is 32.4. The summed E-state index contributed by atoms with van der Waals surface area (Å²) in [5, 5.41) is 3.06. The van der Waals surface area contributed by atoms with Gasteiger partial charge in [-0.15, -0.1) is 0 Å². The highest BCUT2D eigenvalue weighted by Gasteiger charge is 2.32. The van der Waals surface area contributed by atoms with Crippen LogP contribution in [-0.2, 0) is 9.53 Å². The number of hydrogen-bond acceptors (Lipinski definition) is 3. The van der Waals surface area contributed by atoms with Crippen LogP contribution in [0.1, 0.15) is 51.9 Å². The second-order valence-electron chi connectivity index (χ2n) is 5.64. The Hall–Kier alpha value is -0.610. The van der Waals surface area contributed by atoms with Crippen molar-refractivity contribution in [1.29, 1.82) is 0 Å². The summed E-state index contributed by atoms with van der Waals surface area (Å²) < 4.78 is 5.44. The van der Waals surface area contributed by atoms with Crippen molar-refractivity contribution in [2.75, 3.05) is 6.61 Å². The van der Waals surface area contributed by atoms with Gasteiger partial charge in [0.15, 0.2) is 0 Å². The standard InChI is InChI=1S/C13H24N2O2/c1-10-11(5-8-17-10)15-12(16)9-13(14)6-3-2-4-7-13/h10-11H,2-9,14H2,1H3,(H,15,16). The molecule has 2 rings (SSSR count). The summed E-state index contributed by atoms with van der Waals surface area (Å²) in [5.41, 5.74) is 6.02. The second kappa shape index (κ2) is 5.36. The molecule has 2 atom stereocenters. The molecule has 1 saturated carbocycles. The Morgan fingerprint density at radius 3 is 2.71 bits per heavy atom. The minimum atomic E-state index is -0.259. The molecule has 2 aliphatic rings. The first kappa shape index (κ1) is 12.8. The van der Waals surface area contributed by atoms with Crippen LogP contribution in [0.15, 0.2) is 0 Å². The van der Waals surface area contributed by atoms with E-state index in [1.165, 1.54) is 6.42 Å². The largest absolute Gasteiger partial charge is 0.376 e. The van der Waals surface area contributed by atoms with E-state index in [4.69, 9.17) is 10.5 Å². The average molecular weight is 240 g/mol. The Kier molecular flexibility index (Phi) is 4.05. The maximum atomic E-state index is 12.0. The Bertz CT molecular complexity index is 275. The first-order valence-corrected chi connectivity index (χ1v) is 6.79. The number of hydrogen-bond donors (Lipinski definition) is 2. The molecule has 3 N–H and O–H groups in total. The van der Waals surface area contributed by atoms with Crippen molar-refractivity contribution < 1.29 is 9.53 Å². The summed E-state index contributed by atoms with van der Waals surface area (Å²) in [6.45, 7) is 2.76. The summed E-state index contributed by atoms with van der Waals surface area (Å²) in [6, 6.07) is 0.176. The first-order valence-electron chi connectivity index (χ1n) is 6.79. The molecular formula is C13H24N2O2. The van der Waals surface area contributed by atoms with Gasteiger partial charge in [-0.05, 0) is 26.2 Å². The maximum Gasteiger partial charge on any atom is 0.222 e. The highest BCUT2D eigenvalue weighted by Crippen LogP contribution is 2.28. The summed E-state index contributed by atoms with van der Waals surface area (Å²) in [4.78, 5) is 12.0. The van der Waals surface area contributed by atoms with Crippen LogP contribution in [0.3, 0.4) is 0 Å². The Labute approximate surface area is 103 Å². The zero-order chi connectivity index (χ0) is 12.3. The Morgan fingerprint density at radius 1 is 1.41 bits per heavy atom. The Morgan fingerprint density at radius 2 is 2.12 bits per heavy atom. The van der Waals surface area contributed by atoms with E-state index < -0.39 is 0 Å². The van der Waals surface area contributed by atoms with Crippen LogP contribution < -0.4 is 11.1 Å². The van der Waals surface area contributed by atoms with E-state index in [1.807, 2.05) is 6.92 Å². The van der Waals surface area contributed by atoms with Crippen molar-refractivity contribution >= 4 is 5.91 Å². The highest BCUT2D eigenvalue weighted by molar-refractivity contribution is 5.77. The number of carbonyl (C=O) groups excluding carboxylic acids is 1. The van der Waals surface area contributed by atoms with E-state index >= 15 is 0 Å². The molecule has 2 unspecified atom stereocenters. The van der Waals surface area contributed by atoms with Gasteiger partial charge in [-0.25, -0.2) is 0 Å². The number of rotatable bonds is 3. The molecule has 98 valence electrons. The molecular weight excluding hydrogens is 216 g/mol. The molecule has 4 heteroatoms. The van der Waals surface area contributed by atoms with Gasteiger partial charge in [0.05, 0.1) is 12.1 Å². The fraction of sp³-hybridized carbons (Fsp3) is 0.923. The van der Waals surface area contributed by atoms with Gasteiger partial charge >= 0.3 is 0 Å². The number of amides is 1. The zero-order valence-electron chi connectivity index (χ0n) is 10.7. The van der Waals surface area contributed by atoms with Crippen LogP contribution in [0.4, 0.5) is 0 Å². The van der Waals surface area contributed by atoms with Gasteiger partial charge in [-0.2, -0.15) is 0 Å². The van der Waals surface area contributed by atoms with Crippen LogP contribution >= 0.6 is 0 Å². The molecule has 17 heavy (non-hydrogen) atoms. The van der Waals surface area contributed by atoms with Crippen molar-refractivity contribution in [3.63, 3.8) is 0 Å². The van der Waals surface area contributed by atoms with Crippen molar-refractivity contribution in [3.05, 3.63) is 0 Å². The first-order chi connectivity index (χ1) is 8.09. The molecule has 4 nitrogen and oxygen atoms in total. The van der Waals surface area contributed by atoms with Crippen LogP contribution in [-0.4, -0.2) is 30.2 Å². The number of ether oxygens (including phenoxy) is 1. The molecule has 0 aromatic heterocycles. The fourth-order valence-electron chi connectivity index (χ4n) is 2.93. The zero-order valence-corrected chi connectivity index (χ0v) is 10.7. The predicted octanol–water partition coefficient (Wildman–Crippen LogP) is 1.33. The molecule has 0 bridgehead atoms. The fourth-order valence-corrected chi connectivity index (χ4v) is 2.93. The molecule has 1 aliphatic heterocycles. The topological polar surface area (TPSA) is 64.3 Å². The number of carbonyl (C=O) groups is 1. The Balaban J connectivity index is 1.80. The molecule has 1 aliphatic carbocycles. The van der Waals surface area contributed by atoms with Gasteiger partial charge in [-0.3, -0.25) is 4.79 Å². The summed E-state index contributed by atoms with van der Waals surface area (Å²) in [6.07, 6.45) is 7.07. The van der Waals surface area contributed by atoms with Gasteiger partial charge < -0.3 is 15.8 Å². The second-order valence-corrected chi connectivity index (χ2v) is 5.64. The summed E-state index contributed by atoms with van der Waals surface area (Å²) in [7, 11) is 0. The van der Waals surface area contributed by atoms with Gasteiger partial charge in [-0.1, -0.05) is 19.3 Å². The third-order valence-corrected chi connectivity index (χ3v) is 4.08. The van der Waals surface area contributed by atoms with E-state index in [9.17, 15) is 4.79 Å². The van der Waals surface area contributed by atoms with Crippen LogP contribution in [0.25, 0.3) is 0 Å². The van der Waals surface area contributed by atoms with Gasteiger partial charge in [0.2, 0.25) is 5.91 Å². The lowest BCUT2D eigenvalue weighted by molar-refractivity contribution is -0.123. The highest BCUT2D eigenvalue weighted by atomic mass is 16.5. The molecule has 0 aromatic carbocycles. The lowest BCUT2D eigenvalue weighted by atomic mass is 9.80. The van der Waals surface area contributed by atoms with E-state index in [0.29, 0.717) is 6.42 Å². The van der Waals surface area contributed by atoms with Crippen LogP contribution in [0, 0.1) is 0 Å². The minimum Gasteiger partial charge on any atom is -0.376 e. The van der Waals surface area contributed by atoms with Crippen LogP contribution in [0.5, 0.6) is 0 Å². The smallest absolute Gasteiger partial charge is 0.222 e. The van der Waals surface area contributed by atoms with Gasteiger partial charge in [0.1, 0.15) is 0 Å². The van der Waals surface area contributed by atoms with Crippen molar-refractivity contribution in [2.45, 2.75) is 69.6 Å². The van der Waals surface area contributed by atoms with Gasteiger partial charge in [0.25, 0.3) is 0 Å². The van der Waals surface area contributed by atoms with E-state index in [0.717, 1.165) is 38.7 Å². The molecule has 0 spiro atoms. The minimum absolute atomic E-state index is 0.0942. The molecule has 0 aromatic rings. The molecule has 2 fully saturated rings. The third-order valence-electron chi connectivity index (χ3n) is 4.08. The average Bonchev–Trinajstić information content (AvgIpc) is 2.64. The number of nitrogens with two attached hydrogens (primary N) is 1. The molecule has 1 saturated heterocycles. The van der Waals surface area contributed by atoms with Crippen molar-refractivity contribution in [2.24, 2.45) is 5.73 Å². The van der Waals surface area contributed by atoms with Gasteiger partial charge in [0, 0.05) is 18.6 Å². The summed E-state index contributed by atoms with van der Waals surface area (Å²) in [5.74, 6) is 0.0942. The molecule has 0 radical (unpaired) electrons. The lowest BCUT2D eigenvalue weighted by Crippen LogP contribution is -2.48.